The fraction of sp³-hybridized carbons (Fsp3) is 0.111. The van der Waals surface area contributed by atoms with E-state index >= 15 is 0 Å². The van der Waals surface area contributed by atoms with Gasteiger partial charge in [0, 0.05) is 10.6 Å². The fourth-order valence-electron chi connectivity index (χ4n) is 0.901. The maximum Gasteiger partial charge on any atom is 0.122 e. The average molecular weight is 198 g/mol. The number of nitrogen functional groups attached to an aromatic ring is 1. The van der Waals surface area contributed by atoms with Crippen molar-refractivity contribution in [2.75, 3.05) is 12.4 Å². The molecule has 0 aliphatic carbocycles. The second-order valence-corrected chi connectivity index (χ2v) is 3.16. The molecule has 2 nitrogen and oxygen atoms in total. The number of nitrogens with two attached hydrogens (primary N) is 2. The van der Waals surface area contributed by atoms with Crippen molar-refractivity contribution in [2.24, 2.45) is 5.73 Å². The molecule has 0 aromatic heterocycles. The molecule has 0 unspecified atom stereocenters. The molecule has 13 heavy (non-hydrogen) atoms. The van der Waals surface area contributed by atoms with E-state index in [1.54, 1.807) is 24.3 Å². The molecule has 4 heteroatoms. The summed E-state index contributed by atoms with van der Waals surface area (Å²) in [6.45, 7) is -0.653. The molecule has 0 atom stereocenters. The molecule has 1 aromatic carbocycles. The van der Waals surface area contributed by atoms with Crippen LogP contribution in [0.15, 0.2) is 29.2 Å². The van der Waals surface area contributed by atoms with Gasteiger partial charge in [-0.25, -0.2) is 4.39 Å². The number of allylic oxidation sites excluding steroid dienone is 1. The van der Waals surface area contributed by atoms with E-state index < -0.39 is 6.67 Å². The number of anilines is 1. The highest BCUT2D eigenvalue weighted by Crippen LogP contribution is 2.17. The van der Waals surface area contributed by atoms with Gasteiger partial charge in [0.1, 0.15) is 6.67 Å². The Morgan fingerprint density at radius 1 is 1.31 bits per heavy atom. The molecular weight excluding hydrogens is 187 g/mol. The van der Waals surface area contributed by atoms with Gasteiger partial charge >= 0.3 is 0 Å². The minimum absolute atomic E-state index is 0.241. The van der Waals surface area contributed by atoms with Crippen molar-refractivity contribution in [3.8, 4) is 0 Å². The predicted molar refractivity (Wildman–Crippen MR) is 56.9 cm³/mol. The smallest absolute Gasteiger partial charge is 0.122 e. The topological polar surface area (TPSA) is 52.0 Å². The molecule has 0 fully saturated rings. The van der Waals surface area contributed by atoms with Gasteiger partial charge in [0.05, 0.1) is 5.70 Å². The number of hydrogen-bond donors (Lipinski definition) is 3. The van der Waals surface area contributed by atoms with E-state index in [9.17, 15) is 4.39 Å². The summed E-state index contributed by atoms with van der Waals surface area (Å²) in [4.78, 5) is 0.241. The van der Waals surface area contributed by atoms with Gasteiger partial charge in [0.2, 0.25) is 0 Å². The number of thiol groups is 1. The zero-order chi connectivity index (χ0) is 9.84. The van der Waals surface area contributed by atoms with Gasteiger partial charge in [0.15, 0.2) is 0 Å². The van der Waals surface area contributed by atoms with Gasteiger partial charge in [-0.15, -0.1) is 12.6 Å². The van der Waals surface area contributed by atoms with Gasteiger partial charge in [-0.3, -0.25) is 0 Å². The number of benzene rings is 1. The first-order valence-electron chi connectivity index (χ1n) is 3.74. The van der Waals surface area contributed by atoms with Crippen LogP contribution >= 0.6 is 12.6 Å². The van der Waals surface area contributed by atoms with Crippen LogP contribution in [0.25, 0.3) is 5.70 Å². The molecule has 0 aliphatic heterocycles. The fourth-order valence-corrected chi connectivity index (χ4v) is 1.03. The molecule has 1 rings (SSSR count). The van der Waals surface area contributed by atoms with Crippen LogP contribution in [0.4, 0.5) is 10.1 Å². The minimum atomic E-state index is -0.653. The summed E-state index contributed by atoms with van der Waals surface area (Å²) < 4.78 is 12.2. The molecule has 0 heterocycles. The van der Waals surface area contributed by atoms with E-state index in [0.29, 0.717) is 11.4 Å². The van der Waals surface area contributed by atoms with Crippen molar-refractivity contribution in [1.29, 1.82) is 0 Å². The summed E-state index contributed by atoms with van der Waals surface area (Å²) in [5.74, 6) is 0. The second-order valence-electron chi connectivity index (χ2n) is 2.62. The van der Waals surface area contributed by atoms with E-state index in [1.807, 2.05) is 0 Å². The lowest BCUT2D eigenvalue weighted by molar-refractivity contribution is 0.558. The average Bonchev–Trinajstić information content (AvgIpc) is 2.17. The van der Waals surface area contributed by atoms with Crippen LogP contribution in [0.3, 0.4) is 0 Å². The van der Waals surface area contributed by atoms with Crippen molar-refractivity contribution in [1.82, 2.24) is 0 Å². The third-order valence-electron chi connectivity index (χ3n) is 1.66. The lowest BCUT2D eigenvalue weighted by Gasteiger charge is -2.04. The zero-order valence-corrected chi connectivity index (χ0v) is 7.89. The van der Waals surface area contributed by atoms with Crippen molar-refractivity contribution in [3.63, 3.8) is 0 Å². The van der Waals surface area contributed by atoms with Crippen LogP contribution in [0.5, 0.6) is 0 Å². The highest BCUT2D eigenvalue weighted by atomic mass is 32.1. The van der Waals surface area contributed by atoms with Gasteiger partial charge in [0.25, 0.3) is 0 Å². The first-order valence-corrected chi connectivity index (χ1v) is 4.19. The number of halogens is 1. The Labute approximate surface area is 81.8 Å². The van der Waals surface area contributed by atoms with Crippen molar-refractivity contribution < 1.29 is 4.39 Å². The predicted octanol–water partition coefficient (Wildman–Crippen LogP) is 1.80. The largest absolute Gasteiger partial charge is 0.399 e. The van der Waals surface area contributed by atoms with E-state index in [2.05, 4.69) is 12.6 Å². The summed E-state index contributed by atoms with van der Waals surface area (Å²) in [5.41, 5.74) is 12.8. The molecule has 0 saturated heterocycles. The Balaban J connectivity index is 3.02. The summed E-state index contributed by atoms with van der Waals surface area (Å²) >= 11 is 3.91. The Bertz CT molecular complexity index is 319. The molecule has 0 radical (unpaired) electrons. The molecule has 0 aliphatic rings. The van der Waals surface area contributed by atoms with Gasteiger partial charge in [-0.1, -0.05) is 12.1 Å². The molecule has 0 amide bonds. The third kappa shape index (κ3) is 2.39. The first-order chi connectivity index (χ1) is 6.15. The Hall–Kier alpha value is -1.16. The Morgan fingerprint density at radius 2 is 1.85 bits per heavy atom. The van der Waals surface area contributed by atoms with Gasteiger partial charge in [-0.05, 0) is 17.7 Å². The zero-order valence-electron chi connectivity index (χ0n) is 7.00. The Morgan fingerprint density at radius 3 is 2.31 bits per heavy atom. The maximum absolute atomic E-state index is 12.2. The highest BCUT2D eigenvalue weighted by molar-refractivity contribution is 7.84. The van der Waals surface area contributed by atoms with E-state index in [4.69, 9.17) is 11.5 Å². The lowest BCUT2D eigenvalue weighted by atomic mass is 10.1. The monoisotopic (exact) mass is 198 g/mol. The van der Waals surface area contributed by atoms with Crippen molar-refractivity contribution >= 4 is 24.0 Å². The number of rotatable bonds is 2. The quantitative estimate of drug-likeness (QED) is 0.501. The summed E-state index contributed by atoms with van der Waals surface area (Å²) in [5, 5.41) is 0. The summed E-state index contributed by atoms with van der Waals surface area (Å²) in [7, 11) is 0. The van der Waals surface area contributed by atoms with Crippen LogP contribution in [0.1, 0.15) is 5.56 Å². The normalized spacial score (nSPS) is 12.5. The van der Waals surface area contributed by atoms with Gasteiger partial charge < -0.3 is 11.5 Å². The molecule has 70 valence electrons. The Kier molecular flexibility index (Phi) is 3.19. The van der Waals surface area contributed by atoms with E-state index in [-0.39, 0.29) is 4.91 Å². The van der Waals surface area contributed by atoms with E-state index in [1.165, 1.54) is 0 Å². The van der Waals surface area contributed by atoms with Crippen LogP contribution < -0.4 is 11.5 Å². The SMILES string of the molecule is N/C(=C(\S)CF)c1ccc(N)cc1. The van der Waals surface area contributed by atoms with E-state index in [0.717, 1.165) is 5.56 Å². The molecular formula is C9H11FN2S. The molecule has 0 bridgehead atoms. The van der Waals surface area contributed by atoms with Gasteiger partial charge in [-0.2, -0.15) is 0 Å². The lowest BCUT2D eigenvalue weighted by Crippen LogP contribution is -2.00. The minimum Gasteiger partial charge on any atom is -0.399 e. The molecule has 4 N–H and O–H groups in total. The van der Waals surface area contributed by atoms with Crippen LogP contribution in [-0.4, -0.2) is 6.67 Å². The van der Waals surface area contributed by atoms with Crippen molar-refractivity contribution in [2.45, 2.75) is 0 Å². The van der Waals surface area contributed by atoms with Crippen LogP contribution in [0.2, 0.25) is 0 Å². The summed E-state index contributed by atoms with van der Waals surface area (Å²) in [6, 6.07) is 6.88. The third-order valence-corrected chi connectivity index (χ3v) is 2.02. The second kappa shape index (κ2) is 4.18. The molecule has 1 aromatic rings. The van der Waals surface area contributed by atoms with Crippen LogP contribution in [0, 0.1) is 0 Å². The molecule has 0 saturated carbocycles. The number of hydrogen-bond acceptors (Lipinski definition) is 3. The number of alkyl halides is 1. The summed E-state index contributed by atoms with van der Waals surface area (Å²) in [6.07, 6.45) is 0. The maximum atomic E-state index is 12.2. The molecule has 0 spiro atoms. The highest BCUT2D eigenvalue weighted by Gasteiger charge is 2.01. The van der Waals surface area contributed by atoms with Crippen molar-refractivity contribution in [3.05, 3.63) is 34.7 Å². The first kappa shape index (κ1) is 9.92. The van der Waals surface area contributed by atoms with Crippen LogP contribution in [-0.2, 0) is 0 Å². The standard InChI is InChI=1S/C9H11FN2S/c10-5-8(13)9(12)6-1-3-7(11)4-2-6/h1-4,13H,5,11-12H2/b9-8-.